The third-order valence-electron chi connectivity index (χ3n) is 1.28. The first-order valence-corrected chi connectivity index (χ1v) is 3.96. The number of rotatable bonds is 2. The summed E-state index contributed by atoms with van der Waals surface area (Å²) in [5.74, 6) is 0. The molecule has 11 heavy (non-hydrogen) atoms. The fraction of sp³-hybridized carbons (Fsp3) is 0. The van der Waals surface area contributed by atoms with Crippen molar-refractivity contribution in [3.63, 3.8) is 0 Å². The summed E-state index contributed by atoms with van der Waals surface area (Å²) in [6, 6.07) is 6.90. The van der Waals surface area contributed by atoms with Crippen molar-refractivity contribution < 1.29 is 4.79 Å². The van der Waals surface area contributed by atoms with Crippen molar-refractivity contribution in [3.05, 3.63) is 29.8 Å². The molecule has 0 saturated heterocycles. The molecule has 1 unspecified atom stereocenters. The number of hydrogen-bond acceptors (Lipinski definition) is 2. The lowest BCUT2D eigenvalue weighted by Crippen LogP contribution is -1.87. The number of carbonyl (C=O) groups is 1. The summed E-state index contributed by atoms with van der Waals surface area (Å²) in [5, 5.41) is 2.43. The molecule has 0 heterocycles. The summed E-state index contributed by atoms with van der Waals surface area (Å²) in [5.41, 5.74) is 1.44. The normalized spacial score (nSPS) is 9.27. The Bertz CT molecular complexity index is 260. The van der Waals surface area contributed by atoms with Gasteiger partial charge in [-0.1, -0.05) is 0 Å². The van der Waals surface area contributed by atoms with Crippen molar-refractivity contribution >= 4 is 31.9 Å². The van der Waals surface area contributed by atoms with Gasteiger partial charge in [-0.15, -0.1) is 0 Å². The van der Waals surface area contributed by atoms with E-state index in [4.69, 9.17) is 11.6 Å². The summed E-state index contributed by atoms with van der Waals surface area (Å²) in [7, 11) is 2.37. The third-order valence-corrected chi connectivity index (χ3v) is 1.83. The molecule has 0 spiro atoms. The van der Waals surface area contributed by atoms with Gasteiger partial charge in [-0.3, -0.25) is 4.79 Å². The minimum absolute atomic E-state index is 0.430. The topological polar surface area (TPSA) is 29.1 Å². The average Bonchev–Trinajstić information content (AvgIpc) is 2.05. The van der Waals surface area contributed by atoms with Crippen molar-refractivity contribution in [1.82, 2.24) is 0 Å². The van der Waals surface area contributed by atoms with Crippen LogP contribution >= 0.6 is 21.0 Å². The van der Waals surface area contributed by atoms with Crippen LogP contribution in [0.25, 0.3) is 0 Å². The van der Waals surface area contributed by atoms with E-state index in [1.54, 1.807) is 24.3 Å². The van der Waals surface area contributed by atoms with Crippen molar-refractivity contribution in [3.8, 4) is 0 Å². The fourth-order valence-corrected chi connectivity index (χ4v) is 1.02. The van der Waals surface area contributed by atoms with Gasteiger partial charge in [0.25, 0.3) is 5.24 Å². The second kappa shape index (κ2) is 3.70. The molecule has 0 amide bonds. The van der Waals surface area contributed by atoms with Gasteiger partial charge in [-0.25, -0.2) is 0 Å². The molecule has 58 valence electrons. The van der Waals surface area contributed by atoms with E-state index in [0.29, 0.717) is 5.56 Å². The van der Waals surface area contributed by atoms with E-state index in [9.17, 15) is 4.79 Å². The van der Waals surface area contributed by atoms with Gasteiger partial charge in [-0.05, 0) is 45.3 Å². The predicted molar refractivity (Wildman–Crippen MR) is 50.0 cm³/mol. The van der Waals surface area contributed by atoms with Crippen LogP contribution in [-0.2, 0) is 0 Å². The highest BCUT2D eigenvalue weighted by atomic mass is 35.5. The van der Waals surface area contributed by atoms with Gasteiger partial charge in [-0.2, -0.15) is 0 Å². The predicted octanol–water partition coefficient (Wildman–Crippen LogP) is 2.27. The Kier molecular flexibility index (Phi) is 2.86. The summed E-state index contributed by atoms with van der Waals surface area (Å²) >= 11 is 5.23. The second-order valence-electron chi connectivity index (χ2n) is 2.00. The maximum Gasteiger partial charge on any atom is 0.252 e. The number of carbonyl (C=O) groups excluding carboxylic acids is 1. The van der Waals surface area contributed by atoms with Gasteiger partial charge < -0.3 is 5.09 Å². The van der Waals surface area contributed by atoms with E-state index < -0.39 is 5.24 Å². The van der Waals surface area contributed by atoms with E-state index in [-0.39, 0.29) is 0 Å². The smallest absolute Gasteiger partial charge is 0.252 e. The van der Waals surface area contributed by atoms with E-state index in [2.05, 4.69) is 14.5 Å². The zero-order chi connectivity index (χ0) is 8.27. The molecule has 1 rings (SSSR count). The SMILES string of the molecule is O=C(Cl)c1ccc(NP)cc1. The molecule has 1 atom stereocenters. The first kappa shape index (κ1) is 8.51. The van der Waals surface area contributed by atoms with Gasteiger partial charge >= 0.3 is 0 Å². The molecular weight excluding hydrogens is 181 g/mol. The fourth-order valence-electron chi connectivity index (χ4n) is 0.697. The Hall–Kier alpha value is -0.590. The molecule has 0 aliphatic heterocycles. The Morgan fingerprint density at radius 3 is 2.27 bits per heavy atom. The quantitative estimate of drug-likeness (QED) is 0.569. The molecule has 0 aliphatic rings. The van der Waals surface area contributed by atoms with Crippen LogP contribution in [0.15, 0.2) is 24.3 Å². The first-order valence-electron chi connectivity index (χ1n) is 3.00. The Morgan fingerprint density at radius 2 is 1.91 bits per heavy atom. The first-order chi connectivity index (χ1) is 5.24. The lowest BCUT2D eigenvalue weighted by atomic mass is 10.2. The molecule has 0 radical (unpaired) electrons. The van der Waals surface area contributed by atoms with Crippen LogP contribution in [0.1, 0.15) is 10.4 Å². The third kappa shape index (κ3) is 2.18. The summed E-state index contributed by atoms with van der Waals surface area (Å²) < 4.78 is 0. The van der Waals surface area contributed by atoms with E-state index >= 15 is 0 Å². The summed E-state index contributed by atoms with van der Waals surface area (Å²) in [4.78, 5) is 10.6. The van der Waals surface area contributed by atoms with Crippen LogP contribution in [0.4, 0.5) is 5.69 Å². The number of halogens is 1. The summed E-state index contributed by atoms with van der Waals surface area (Å²) in [6.45, 7) is 0. The molecule has 1 N–H and O–H groups in total. The molecule has 0 fully saturated rings. The standard InChI is InChI=1S/C7H7ClNOP/c8-7(10)5-1-3-6(9-11)4-2-5/h1-4,9H,11H2. The molecule has 1 aromatic carbocycles. The lowest BCUT2D eigenvalue weighted by Gasteiger charge is -1.98. The second-order valence-corrected chi connectivity index (χ2v) is 2.63. The Balaban J connectivity index is 2.91. The highest BCUT2D eigenvalue weighted by molar-refractivity contribution is 7.18. The van der Waals surface area contributed by atoms with Crippen LogP contribution in [0, 0.1) is 0 Å². The molecule has 0 bridgehead atoms. The molecule has 2 nitrogen and oxygen atoms in total. The molecular formula is C7H7ClNOP. The highest BCUT2D eigenvalue weighted by Crippen LogP contribution is 2.12. The van der Waals surface area contributed by atoms with Crippen LogP contribution in [0.5, 0.6) is 0 Å². The molecule has 0 aliphatic carbocycles. The largest absolute Gasteiger partial charge is 0.369 e. The van der Waals surface area contributed by atoms with Gasteiger partial charge in [0, 0.05) is 11.3 Å². The number of nitrogens with one attached hydrogen (secondary N) is 1. The number of hydrogen-bond donors (Lipinski definition) is 1. The molecule has 0 saturated carbocycles. The maximum absolute atomic E-state index is 10.6. The number of anilines is 1. The average molecular weight is 188 g/mol. The number of benzene rings is 1. The van der Waals surface area contributed by atoms with Crippen LogP contribution in [0.2, 0.25) is 0 Å². The monoisotopic (exact) mass is 187 g/mol. The van der Waals surface area contributed by atoms with Gasteiger partial charge in [0.15, 0.2) is 0 Å². The highest BCUT2D eigenvalue weighted by Gasteiger charge is 1.98. The van der Waals surface area contributed by atoms with Crippen LogP contribution in [-0.4, -0.2) is 5.24 Å². The van der Waals surface area contributed by atoms with Crippen molar-refractivity contribution in [2.75, 3.05) is 5.09 Å². The zero-order valence-corrected chi connectivity index (χ0v) is 7.58. The zero-order valence-electron chi connectivity index (χ0n) is 5.67. The van der Waals surface area contributed by atoms with E-state index in [0.717, 1.165) is 5.69 Å². The molecule has 1 aromatic rings. The lowest BCUT2D eigenvalue weighted by molar-refractivity contribution is 0.108. The minimum Gasteiger partial charge on any atom is -0.369 e. The molecule has 0 aromatic heterocycles. The van der Waals surface area contributed by atoms with Crippen LogP contribution < -0.4 is 5.09 Å². The van der Waals surface area contributed by atoms with Gasteiger partial charge in [0.2, 0.25) is 0 Å². The van der Waals surface area contributed by atoms with Gasteiger partial charge in [0.1, 0.15) is 0 Å². The Morgan fingerprint density at radius 1 is 1.36 bits per heavy atom. The Labute approximate surface area is 72.2 Å². The summed E-state index contributed by atoms with van der Waals surface area (Å²) in [6.07, 6.45) is 0. The minimum atomic E-state index is -0.430. The van der Waals surface area contributed by atoms with Crippen molar-refractivity contribution in [2.24, 2.45) is 0 Å². The van der Waals surface area contributed by atoms with Crippen molar-refractivity contribution in [2.45, 2.75) is 0 Å². The molecule has 4 heteroatoms. The van der Waals surface area contributed by atoms with E-state index in [1.807, 2.05) is 0 Å². The van der Waals surface area contributed by atoms with E-state index in [1.165, 1.54) is 0 Å². The maximum atomic E-state index is 10.6. The van der Waals surface area contributed by atoms with Crippen molar-refractivity contribution in [1.29, 1.82) is 0 Å². The van der Waals surface area contributed by atoms with Gasteiger partial charge in [0.05, 0.1) is 0 Å². The van der Waals surface area contributed by atoms with Crippen LogP contribution in [0.3, 0.4) is 0 Å².